The van der Waals surface area contributed by atoms with Crippen molar-refractivity contribution in [1.82, 2.24) is 0 Å². The van der Waals surface area contributed by atoms with Crippen LogP contribution in [0.25, 0.3) is 0 Å². The van der Waals surface area contributed by atoms with Gasteiger partial charge in [-0.2, -0.15) is 0 Å². The molecule has 0 heterocycles. The molecule has 0 aliphatic heterocycles. The van der Waals surface area contributed by atoms with E-state index in [0.717, 1.165) is 135 Å². The average Bonchev–Trinajstić information content (AvgIpc) is 0.925. The fourth-order valence-corrected chi connectivity index (χ4v) is 13.1. The number of carbonyl (C=O) groups is 3. The summed E-state index contributed by atoms with van der Waals surface area (Å²) >= 11 is 0. The zero-order valence-corrected chi connectivity index (χ0v) is 67.3. The Labute approximate surface area is 628 Å². The van der Waals surface area contributed by atoms with E-state index < -0.39 is 91.5 Å². The van der Waals surface area contributed by atoms with Crippen molar-refractivity contribution < 1.29 is 75.8 Å². The topological polar surface area (TPSA) is 231 Å². The number of hydrogen-bond acceptors (Lipinski definition) is 14. The van der Waals surface area contributed by atoms with E-state index in [0.29, 0.717) is 19.3 Å². The molecule has 0 saturated carbocycles. The summed E-state index contributed by atoms with van der Waals surface area (Å²) in [6, 6.07) is 0. The summed E-state index contributed by atoms with van der Waals surface area (Å²) in [6.07, 6.45) is 90.5. The van der Waals surface area contributed by atoms with Gasteiger partial charge in [-0.15, -0.1) is 0 Å². The third-order valence-corrected chi connectivity index (χ3v) is 19.7. The summed E-state index contributed by atoms with van der Waals surface area (Å²) in [7, 11) is -9.78. The molecule has 0 aromatic carbocycles. The first-order valence-corrected chi connectivity index (χ1v) is 44.5. The molecule has 4 N–H and O–H groups in total. The summed E-state index contributed by atoms with van der Waals surface area (Å²) in [5.41, 5.74) is 0. The van der Waals surface area contributed by atoms with Gasteiger partial charge in [-0.25, -0.2) is 9.13 Å². The molecule has 0 rings (SSSR count). The van der Waals surface area contributed by atoms with Crippen molar-refractivity contribution in [1.29, 1.82) is 0 Å². The number of allylic oxidation sites excluding steroid dienone is 16. The molecule has 0 radical (unpaired) electrons. The highest BCUT2D eigenvalue weighted by molar-refractivity contribution is 7.47. The summed E-state index contributed by atoms with van der Waals surface area (Å²) in [5, 5.41) is 20.6. The molecule has 0 aliphatic carbocycles. The highest BCUT2D eigenvalue weighted by Crippen LogP contribution is 2.45. The van der Waals surface area contributed by atoms with Crippen molar-refractivity contribution in [2.45, 2.75) is 386 Å². The SMILES string of the molecule is CC/C=C\C/C=C\C/C=C\C/C=C\C/C=C\CCCCCCCCCCCCCCCCCCCCCC(=O)OCC(O)COP(=O)(O)OCC(O)COP(=O)(O)OCC(COC(=O)CCCCCCCC/C=C\C/C=C\C/C=C\CCCCC)OC(=O)CCCCCCCCCCCCCCC. The molecule has 0 saturated heterocycles. The Morgan fingerprint density at radius 1 is 0.282 bits per heavy atom. The molecular formula is C85H152O16P2. The molecule has 0 aromatic heterocycles. The average molecular weight is 1490 g/mol. The Hall–Kier alpha value is -3.53. The molecule has 0 fully saturated rings. The lowest BCUT2D eigenvalue weighted by atomic mass is 10.0. The Morgan fingerprint density at radius 3 is 0.835 bits per heavy atom. The van der Waals surface area contributed by atoms with Crippen molar-refractivity contribution in [3.05, 3.63) is 97.2 Å². The minimum atomic E-state index is -4.93. The number of phosphoric ester groups is 2. The first-order chi connectivity index (χ1) is 50.2. The van der Waals surface area contributed by atoms with Crippen molar-refractivity contribution in [3.8, 4) is 0 Å². The Kier molecular flexibility index (Phi) is 75.4. The molecule has 103 heavy (non-hydrogen) atoms. The number of phosphoric acid groups is 2. The van der Waals surface area contributed by atoms with Crippen LogP contribution >= 0.6 is 15.6 Å². The molecule has 0 spiro atoms. The van der Waals surface area contributed by atoms with Crippen molar-refractivity contribution in [2.24, 2.45) is 0 Å². The van der Waals surface area contributed by atoms with Crippen LogP contribution in [0.1, 0.15) is 367 Å². The zero-order chi connectivity index (χ0) is 75.2. The van der Waals surface area contributed by atoms with Gasteiger partial charge in [0.25, 0.3) is 0 Å². The van der Waals surface area contributed by atoms with Crippen LogP contribution in [0.15, 0.2) is 97.2 Å². The molecule has 0 aromatic rings. The van der Waals surface area contributed by atoms with Crippen LogP contribution in [0.5, 0.6) is 0 Å². The fourth-order valence-electron chi connectivity index (χ4n) is 11.5. The number of aliphatic hydroxyl groups is 2. The quantitative estimate of drug-likeness (QED) is 0.0146. The van der Waals surface area contributed by atoms with E-state index in [4.69, 9.17) is 32.3 Å². The van der Waals surface area contributed by atoms with Crippen LogP contribution in [0, 0.1) is 0 Å². The number of esters is 3. The lowest BCUT2D eigenvalue weighted by Crippen LogP contribution is -2.30. The second kappa shape index (κ2) is 78.1. The van der Waals surface area contributed by atoms with E-state index >= 15 is 0 Å². The van der Waals surface area contributed by atoms with Crippen molar-refractivity contribution >= 4 is 33.6 Å². The first kappa shape index (κ1) is 99.5. The molecule has 0 bridgehead atoms. The number of ether oxygens (including phenoxy) is 3. The minimum absolute atomic E-state index is 0.106. The van der Waals surface area contributed by atoms with E-state index in [-0.39, 0.29) is 19.3 Å². The lowest BCUT2D eigenvalue weighted by Gasteiger charge is -2.21. The normalized spacial score (nSPS) is 14.4. The predicted octanol–water partition coefficient (Wildman–Crippen LogP) is 24.5. The van der Waals surface area contributed by atoms with Crippen LogP contribution < -0.4 is 0 Å². The molecule has 0 amide bonds. The summed E-state index contributed by atoms with van der Waals surface area (Å²) in [6.45, 7) is 2.57. The molecule has 0 aliphatic rings. The minimum Gasteiger partial charge on any atom is -0.463 e. The van der Waals surface area contributed by atoms with Gasteiger partial charge in [0, 0.05) is 19.3 Å². The number of unbranched alkanes of at least 4 members (excludes halogenated alkanes) is 40. The molecule has 5 unspecified atom stereocenters. The van der Waals surface area contributed by atoms with E-state index in [1.54, 1.807) is 0 Å². The van der Waals surface area contributed by atoms with Gasteiger partial charge in [0.15, 0.2) is 6.10 Å². The Morgan fingerprint density at radius 2 is 0.515 bits per heavy atom. The standard InChI is InChI=1S/C85H152O16P2/c1-4-7-10-13-16-19-22-25-27-29-31-32-33-34-35-36-37-38-39-40-41-42-43-44-45-46-48-50-51-54-56-59-62-65-68-71-83(88)95-74-80(86)75-97-102(91,92)98-76-81(87)77-99-103(93,94)100-79-82(101-85(90)73-70-67-64-61-58-53-24-21-18-15-12-9-6-3)78-96-84(89)72-69-66-63-60-57-55-52-49-47-30-28-26-23-20-17-14-11-8-5-2/h7,10,16-17,19-20,25-28,31-32,34-35,47,49,80-82,86-87H,4-6,8-9,11-15,18,21-24,29-30,33,36-46,48,50-79H2,1-3H3,(H,91,92)(H,93,94)/b10-7-,19-16-,20-17-,27-25-,28-26-,32-31-,35-34-,49-47-. The lowest BCUT2D eigenvalue weighted by molar-refractivity contribution is -0.161. The van der Waals surface area contributed by atoms with Gasteiger partial charge >= 0.3 is 33.6 Å². The third kappa shape index (κ3) is 79.3. The second-order valence-corrected chi connectivity index (χ2v) is 30.8. The van der Waals surface area contributed by atoms with E-state index in [1.807, 2.05) is 0 Å². The molecule has 598 valence electrons. The highest BCUT2D eigenvalue weighted by atomic mass is 31.2. The monoisotopic (exact) mass is 1490 g/mol. The maximum Gasteiger partial charge on any atom is 0.472 e. The van der Waals surface area contributed by atoms with Gasteiger partial charge in [-0.3, -0.25) is 32.5 Å². The van der Waals surface area contributed by atoms with Crippen molar-refractivity contribution in [3.63, 3.8) is 0 Å². The summed E-state index contributed by atoms with van der Waals surface area (Å²) < 4.78 is 61.1. The number of hydrogen-bond donors (Lipinski definition) is 4. The number of aliphatic hydroxyl groups excluding tert-OH is 2. The molecule has 18 heteroatoms. The predicted molar refractivity (Wildman–Crippen MR) is 427 cm³/mol. The summed E-state index contributed by atoms with van der Waals surface area (Å²) in [4.78, 5) is 58.6. The maximum absolute atomic E-state index is 12.9. The summed E-state index contributed by atoms with van der Waals surface area (Å²) in [5.74, 6) is -1.57. The van der Waals surface area contributed by atoms with Crippen molar-refractivity contribution in [2.75, 3.05) is 39.6 Å². The van der Waals surface area contributed by atoms with Crippen LogP contribution in [0.3, 0.4) is 0 Å². The van der Waals surface area contributed by atoms with Gasteiger partial charge < -0.3 is 34.2 Å². The van der Waals surface area contributed by atoms with Crippen LogP contribution in [-0.4, -0.2) is 95.9 Å². The molecule has 5 atom stereocenters. The van der Waals surface area contributed by atoms with Gasteiger partial charge in [0.1, 0.15) is 25.4 Å². The van der Waals surface area contributed by atoms with Gasteiger partial charge in [-0.1, -0.05) is 343 Å². The smallest absolute Gasteiger partial charge is 0.463 e. The van der Waals surface area contributed by atoms with E-state index in [1.165, 1.54) is 173 Å². The largest absolute Gasteiger partial charge is 0.472 e. The number of rotatable bonds is 79. The van der Waals surface area contributed by atoms with Crippen LogP contribution in [0.2, 0.25) is 0 Å². The van der Waals surface area contributed by atoms with Crippen LogP contribution in [-0.2, 0) is 55.8 Å². The number of carbonyl (C=O) groups excluding carboxylic acids is 3. The van der Waals surface area contributed by atoms with Gasteiger partial charge in [0.2, 0.25) is 0 Å². The second-order valence-electron chi connectivity index (χ2n) is 27.9. The maximum atomic E-state index is 12.9. The third-order valence-electron chi connectivity index (χ3n) is 17.8. The fraction of sp³-hybridized carbons (Fsp3) is 0.776. The Balaban J connectivity index is 4.35. The van der Waals surface area contributed by atoms with E-state index in [2.05, 4.69) is 118 Å². The van der Waals surface area contributed by atoms with Crippen LogP contribution in [0.4, 0.5) is 0 Å². The van der Waals surface area contributed by atoms with E-state index in [9.17, 15) is 43.5 Å². The zero-order valence-electron chi connectivity index (χ0n) is 65.5. The molecule has 16 nitrogen and oxygen atoms in total. The first-order valence-electron chi connectivity index (χ1n) is 41.5. The highest BCUT2D eigenvalue weighted by Gasteiger charge is 2.29. The van der Waals surface area contributed by atoms with Gasteiger partial charge in [0.05, 0.1) is 26.4 Å². The van der Waals surface area contributed by atoms with Gasteiger partial charge in [-0.05, 0) is 103 Å². The Bertz CT molecular complexity index is 2260. The molecular weight excluding hydrogens is 1340 g/mol.